The van der Waals surface area contributed by atoms with E-state index in [1.165, 1.54) is 0 Å². The second-order valence-electron chi connectivity index (χ2n) is 3.48. The molecule has 98 valence electrons. The van der Waals surface area contributed by atoms with Crippen LogP contribution in [0.15, 0.2) is 23.1 Å². The van der Waals surface area contributed by atoms with Gasteiger partial charge in [0.15, 0.2) is 0 Å². The van der Waals surface area contributed by atoms with Gasteiger partial charge in [-0.3, -0.25) is 10.2 Å². The van der Waals surface area contributed by atoms with E-state index in [4.69, 9.17) is 0 Å². The van der Waals surface area contributed by atoms with Crippen LogP contribution >= 0.6 is 11.8 Å². The summed E-state index contributed by atoms with van der Waals surface area (Å²) in [4.78, 5) is 23.9. The molecule has 0 aliphatic heterocycles. The van der Waals surface area contributed by atoms with Crippen LogP contribution in [0.1, 0.15) is 22.8 Å². The maximum atomic E-state index is 11.9. The van der Waals surface area contributed by atoms with Gasteiger partial charge < -0.3 is 4.74 Å². The van der Waals surface area contributed by atoms with E-state index in [-0.39, 0.29) is 12.5 Å². The normalized spacial score (nSPS) is 9.72. The molecule has 2 N–H and O–H groups in total. The van der Waals surface area contributed by atoms with Gasteiger partial charge in [0.25, 0.3) is 5.91 Å². The van der Waals surface area contributed by atoms with Crippen LogP contribution in [-0.2, 0) is 4.74 Å². The summed E-state index contributed by atoms with van der Waals surface area (Å²) in [5.41, 5.74) is 5.85. The van der Waals surface area contributed by atoms with Crippen molar-refractivity contribution in [2.75, 3.05) is 12.9 Å². The van der Waals surface area contributed by atoms with Crippen LogP contribution in [0.25, 0.3) is 0 Å². The Morgan fingerprint density at radius 3 is 2.67 bits per heavy atom. The van der Waals surface area contributed by atoms with Gasteiger partial charge in [0.2, 0.25) is 0 Å². The van der Waals surface area contributed by atoms with E-state index >= 15 is 0 Å². The van der Waals surface area contributed by atoms with Crippen molar-refractivity contribution in [1.29, 1.82) is 0 Å². The summed E-state index contributed by atoms with van der Waals surface area (Å²) in [6, 6.07) is 5.59. The van der Waals surface area contributed by atoms with Gasteiger partial charge in [0, 0.05) is 10.5 Å². The summed E-state index contributed by atoms with van der Waals surface area (Å²) in [5.74, 6) is -0.364. The minimum Gasteiger partial charge on any atom is -0.449 e. The van der Waals surface area contributed by atoms with E-state index < -0.39 is 6.09 Å². The fourth-order valence-corrected chi connectivity index (χ4v) is 1.75. The molecular formula is C12H16N2O3S. The molecule has 0 spiro atoms. The quantitative estimate of drug-likeness (QED) is 0.651. The number of benzene rings is 1. The molecular weight excluding hydrogens is 252 g/mol. The molecule has 1 aromatic carbocycles. The Kier molecular flexibility index (Phi) is 5.51. The molecule has 2 amide bonds. The van der Waals surface area contributed by atoms with Crippen molar-refractivity contribution < 1.29 is 14.3 Å². The van der Waals surface area contributed by atoms with E-state index in [1.54, 1.807) is 24.8 Å². The van der Waals surface area contributed by atoms with Crippen LogP contribution in [0.3, 0.4) is 0 Å². The number of hydrogen-bond acceptors (Lipinski definition) is 4. The third kappa shape index (κ3) is 3.96. The number of hydrazine groups is 1. The molecule has 0 aromatic heterocycles. The van der Waals surface area contributed by atoms with Crippen molar-refractivity contribution >= 4 is 23.8 Å². The van der Waals surface area contributed by atoms with Gasteiger partial charge in [-0.2, -0.15) is 0 Å². The van der Waals surface area contributed by atoms with Crippen molar-refractivity contribution in [3.63, 3.8) is 0 Å². The van der Waals surface area contributed by atoms with Gasteiger partial charge in [0.1, 0.15) is 0 Å². The number of carbonyl (C=O) groups is 2. The van der Waals surface area contributed by atoms with Gasteiger partial charge in [-0.1, -0.05) is 6.07 Å². The molecule has 0 aliphatic carbocycles. The lowest BCUT2D eigenvalue weighted by atomic mass is 10.1. The Labute approximate surface area is 110 Å². The summed E-state index contributed by atoms with van der Waals surface area (Å²) < 4.78 is 4.63. The Morgan fingerprint density at radius 1 is 1.33 bits per heavy atom. The number of nitrogens with one attached hydrogen (secondary N) is 2. The first-order valence-electron chi connectivity index (χ1n) is 5.46. The molecule has 0 unspecified atom stereocenters. The van der Waals surface area contributed by atoms with Crippen molar-refractivity contribution in [2.24, 2.45) is 0 Å². The molecule has 0 aliphatic rings. The van der Waals surface area contributed by atoms with E-state index in [2.05, 4.69) is 15.6 Å². The standard InChI is InChI=1S/C12H16N2O3S/c1-4-17-12(16)14-13-11(15)10-7-9(18-3)6-5-8(10)2/h5-7H,4H2,1-3H3,(H,13,15)(H,14,16). The lowest BCUT2D eigenvalue weighted by molar-refractivity contribution is 0.0912. The van der Waals surface area contributed by atoms with Gasteiger partial charge in [-0.15, -0.1) is 11.8 Å². The third-order valence-corrected chi connectivity index (χ3v) is 2.97. The van der Waals surface area contributed by atoms with Crippen molar-refractivity contribution in [3.8, 4) is 0 Å². The Balaban J connectivity index is 2.69. The van der Waals surface area contributed by atoms with E-state index in [1.807, 2.05) is 25.3 Å². The molecule has 0 heterocycles. The number of thioether (sulfide) groups is 1. The second kappa shape index (κ2) is 6.90. The molecule has 0 radical (unpaired) electrons. The Bertz CT molecular complexity index is 449. The van der Waals surface area contributed by atoms with Crippen molar-refractivity contribution in [1.82, 2.24) is 10.9 Å². The Morgan fingerprint density at radius 2 is 2.06 bits per heavy atom. The highest BCUT2D eigenvalue weighted by atomic mass is 32.2. The zero-order valence-corrected chi connectivity index (χ0v) is 11.4. The van der Waals surface area contributed by atoms with Gasteiger partial charge in [-0.25, -0.2) is 10.2 Å². The number of carbonyl (C=O) groups excluding carboxylic acids is 2. The predicted molar refractivity (Wildman–Crippen MR) is 70.6 cm³/mol. The van der Waals surface area contributed by atoms with E-state index in [0.29, 0.717) is 5.56 Å². The highest BCUT2D eigenvalue weighted by Crippen LogP contribution is 2.18. The molecule has 1 rings (SSSR count). The molecule has 0 fully saturated rings. The number of amides is 2. The van der Waals surface area contributed by atoms with Crippen LogP contribution in [0, 0.1) is 6.92 Å². The number of rotatable bonds is 3. The van der Waals surface area contributed by atoms with Crippen molar-refractivity contribution in [2.45, 2.75) is 18.7 Å². The summed E-state index contributed by atoms with van der Waals surface area (Å²) in [5, 5.41) is 0. The average Bonchev–Trinajstić information content (AvgIpc) is 2.37. The van der Waals surface area contributed by atoms with Gasteiger partial charge in [-0.05, 0) is 37.8 Å². The molecule has 0 bridgehead atoms. The van der Waals surface area contributed by atoms with Crippen LogP contribution in [0.2, 0.25) is 0 Å². The summed E-state index contributed by atoms with van der Waals surface area (Å²) in [6.07, 6.45) is 1.26. The minimum absolute atomic E-state index is 0.253. The molecule has 1 aromatic rings. The molecule has 18 heavy (non-hydrogen) atoms. The van der Waals surface area contributed by atoms with Crippen LogP contribution in [-0.4, -0.2) is 24.9 Å². The molecule has 0 saturated carbocycles. The van der Waals surface area contributed by atoms with Crippen LogP contribution < -0.4 is 10.9 Å². The highest BCUT2D eigenvalue weighted by molar-refractivity contribution is 7.98. The maximum Gasteiger partial charge on any atom is 0.426 e. The summed E-state index contributed by atoms with van der Waals surface area (Å²) in [7, 11) is 0. The summed E-state index contributed by atoms with van der Waals surface area (Å²) >= 11 is 1.55. The lowest BCUT2D eigenvalue weighted by Gasteiger charge is -2.09. The first-order chi connectivity index (χ1) is 8.58. The van der Waals surface area contributed by atoms with E-state index in [9.17, 15) is 9.59 Å². The fraction of sp³-hybridized carbons (Fsp3) is 0.333. The van der Waals surface area contributed by atoms with Gasteiger partial charge >= 0.3 is 6.09 Å². The fourth-order valence-electron chi connectivity index (χ4n) is 1.32. The molecule has 5 nitrogen and oxygen atoms in total. The Hall–Kier alpha value is -1.69. The minimum atomic E-state index is -0.676. The van der Waals surface area contributed by atoms with Gasteiger partial charge in [0.05, 0.1) is 6.61 Å². The number of aryl methyl sites for hydroxylation is 1. The second-order valence-corrected chi connectivity index (χ2v) is 4.36. The SMILES string of the molecule is CCOC(=O)NNC(=O)c1cc(SC)ccc1C. The smallest absolute Gasteiger partial charge is 0.426 e. The largest absolute Gasteiger partial charge is 0.449 e. The third-order valence-electron chi connectivity index (χ3n) is 2.24. The van der Waals surface area contributed by atoms with Crippen LogP contribution in [0.5, 0.6) is 0 Å². The monoisotopic (exact) mass is 268 g/mol. The van der Waals surface area contributed by atoms with Crippen LogP contribution in [0.4, 0.5) is 4.79 Å². The topological polar surface area (TPSA) is 67.4 Å². The molecule has 6 heteroatoms. The molecule has 0 atom stereocenters. The average molecular weight is 268 g/mol. The number of ether oxygens (including phenoxy) is 1. The predicted octanol–water partition coefficient (Wildman–Crippen LogP) is 2.11. The van der Waals surface area contributed by atoms with Crippen molar-refractivity contribution in [3.05, 3.63) is 29.3 Å². The molecule has 0 saturated heterocycles. The first-order valence-corrected chi connectivity index (χ1v) is 6.68. The lowest BCUT2D eigenvalue weighted by Crippen LogP contribution is -2.42. The zero-order chi connectivity index (χ0) is 13.5. The highest BCUT2D eigenvalue weighted by Gasteiger charge is 2.11. The maximum absolute atomic E-state index is 11.9. The van der Waals surface area contributed by atoms with E-state index in [0.717, 1.165) is 10.5 Å². The first kappa shape index (κ1) is 14.4. The zero-order valence-electron chi connectivity index (χ0n) is 10.6. The number of hydrogen-bond donors (Lipinski definition) is 2. The summed E-state index contributed by atoms with van der Waals surface area (Å²) in [6.45, 7) is 3.78.